The highest BCUT2D eigenvalue weighted by molar-refractivity contribution is 7.99. The highest BCUT2D eigenvalue weighted by Gasteiger charge is 2.42. The second kappa shape index (κ2) is 5.15. The van der Waals surface area contributed by atoms with Crippen molar-refractivity contribution in [3.63, 3.8) is 0 Å². The van der Waals surface area contributed by atoms with Crippen LogP contribution in [0, 0.1) is 11.8 Å². The molecule has 0 aromatic heterocycles. The van der Waals surface area contributed by atoms with Crippen molar-refractivity contribution in [2.75, 3.05) is 11.6 Å². The van der Waals surface area contributed by atoms with Gasteiger partial charge in [0.25, 0.3) is 0 Å². The van der Waals surface area contributed by atoms with Crippen molar-refractivity contribution in [3.05, 3.63) is 0 Å². The highest BCUT2D eigenvalue weighted by atomic mass is 35.5. The molecule has 1 atom stereocenters. The molecule has 0 spiro atoms. The van der Waals surface area contributed by atoms with Gasteiger partial charge >= 0.3 is 0 Å². The molecule has 5 heteroatoms. The van der Waals surface area contributed by atoms with Crippen LogP contribution >= 0.6 is 24.2 Å². The SMILES string of the molecule is Cl.O=C(NC(C1CC1)C1CC1)C1CSCN1. The first-order valence-electron chi connectivity index (χ1n) is 5.96. The van der Waals surface area contributed by atoms with Gasteiger partial charge in [0.2, 0.25) is 5.91 Å². The van der Waals surface area contributed by atoms with E-state index in [4.69, 9.17) is 0 Å². The van der Waals surface area contributed by atoms with Crippen molar-refractivity contribution in [1.82, 2.24) is 10.6 Å². The molecule has 0 aromatic carbocycles. The van der Waals surface area contributed by atoms with Crippen LogP contribution in [-0.2, 0) is 4.79 Å². The molecule has 92 valence electrons. The second-order valence-corrected chi connectivity index (χ2v) is 6.01. The van der Waals surface area contributed by atoms with Crippen LogP contribution in [0.15, 0.2) is 0 Å². The van der Waals surface area contributed by atoms with Gasteiger partial charge in [-0.3, -0.25) is 10.1 Å². The number of carbonyl (C=O) groups is 1. The van der Waals surface area contributed by atoms with E-state index in [2.05, 4.69) is 10.6 Å². The van der Waals surface area contributed by atoms with Crippen molar-refractivity contribution in [3.8, 4) is 0 Å². The maximum atomic E-state index is 11.9. The zero-order valence-electron chi connectivity index (χ0n) is 9.28. The lowest BCUT2D eigenvalue weighted by atomic mass is 10.1. The standard InChI is InChI=1S/C11H18N2OS.ClH/c14-11(9-5-15-6-12-9)13-10(7-1-2-7)8-3-4-8;/h7-10,12H,1-6H2,(H,13,14);1H. The van der Waals surface area contributed by atoms with Crippen LogP contribution in [0.4, 0.5) is 0 Å². The van der Waals surface area contributed by atoms with E-state index < -0.39 is 0 Å². The fraction of sp³-hybridized carbons (Fsp3) is 0.909. The van der Waals surface area contributed by atoms with Gasteiger partial charge in [0.05, 0.1) is 6.04 Å². The summed E-state index contributed by atoms with van der Waals surface area (Å²) in [7, 11) is 0. The molecule has 3 nitrogen and oxygen atoms in total. The number of amides is 1. The summed E-state index contributed by atoms with van der Waals surface area (Å²) in [4.78, 5) is 11.9. The Balaban J connectivity index is 0.000000963. The molecule has 2 N–H and O–H groups in total. The van der Waals surface area contributed by atoms with Crippen LogP contribution in [0.5, 0.6) is 0 Å². The summed E-state index contributed by atoms with van der Waals surface area (Å²) in [5.41, 5.74) is 0. The molecule has 3 fully saturated rings. The van der Waals surface area contributed by atoms with E-state index in [1.165, 1.54) is 25.7 Å². The van der Waals surface area contributed by atoms with Crippen LogP contribution < -0.4 is 10.6 Å². The molecule has 1 unspecified atom stereocenters. The van der Waals surface area contributed by atoms with Gasteiger partial charge in [-0.25, -0.2) is 0 Å². The van der Waals surface area contributed by atoms with Crippen LogP contribution in [0.2, 0.25) is 0 Å². The van der Waals surface area contributed by atoms with E-state index in [0.717, 1.165) is 23.5 Å². The summed E-state index contributed by atoms with van der Waals surface area (Å²) < 4.78 is 0. The zero-order chi connectivity index (χ0) is 10.3. The fourth-order valence-corrected chi connectivity index (χ4v) is 3.30. The minimum absolute atomic E-state index is 0. The molecule has 1 saturated heterocycles. The van der Waals surface area contributed by atoms with Gasteiger partial charge in [-0.15, -0.1) is 24.2 Å². The van der Waals surface area contributed by atoms with Crippen LogP contribution in [0.25, 0.3) is 0 Å². The number of nitrogens with one attached hydrogen (secondary N) is 2. The molecule has 2 saturated carbocycles. The van der Waals surface area contributed by atoms with Crippen molar-refractivity contribution in [2.24, 2.45) is 11.8 Å². The molecule has 1 amide bonds. The first-order chi connectivity index (χ1) is 7.34. The predicted octanol–water partition coefficient (Wildman–Crippen LogP) is 1.38. The summed E-state index contributed by atoms with van der Waals surface area (Å²) in [5.74, 6) is 3.71. The van der Waals surface area contributed by atoms with Gasteiger partial charge in [0.15, 0.2) is 0 Å². The Bertz CT molecular complexity index is 251. The summed E-state index contributed by atoms with van der Waals surface area (Å²) in [6.45, 7) is 0. The quantitative estimate of drug-likeness (QED) is 0.804. The molecule has 0 bridgehead atoms. The Labute approximate surface area is 107 Å². The van der Waals surface area contributed by atoms with E-state index in [0.29, 0.717) is 6.04 Å². The average molecular weight is 263 g/mol. The van der Waals surface area contributed by atoms with Crippen LogP contribution in [-0.4, -0.2) is 29.6 Å². The number of hydrogen-bond acceptors (Lipinski definition) is 3. The monoisotopic (exact) mass is 262 g/mol. The molecule has 3 rings (SSSR count). The normalized spacial score (nSPS) is 28.9. The topological polar surface area (TPSA) is 41.1 Å². The number of carbonyl (C=O) groups excluding carboxylic acids is 1. The van der Waals surface area contributed by atoms with E-state index >= 15 is 0 Å². The lowest BCUT2D eigenvalue weighted by molar-refractivity contribution is -0.123. The first-order valence-corrected chi connectivity index (χ1v) is 7.11. The summed E-state index contributed by atoms with van der Waals surface area (Å²) in [6.07, 6.45) is 5.31. The Kier molecular flexibility index (Phi) is 4.03. The fourth-order valence-electron chi connectivity index (χ4n) is 2.36. The lowest BCUT2D eigenvalue weighted by Gasteiger charge is -2.20. The average Bonchev–Trinajstić information content (AvgIpc) is 3.15. The van der Waals surface area contributed by atoms with Gasteiger partial charge in [-0.1, -0.05) is 0 Å². The minimum atomic E-state index is 0. The Morgan fingerprint density at radius 1 is 1.25 bits per heavy atom. The largest absolute Gasteiger partial charge is 0.351 e. The number of rotatable bonds is 4. The zero-order valence-corrected chi connectivity index (χ0v) is 10.9. The van der Waals surface area contributed by atoms with E-state index in [9.17, 15) is 4.79 Å². The van der Waals surface area contributed by atoms with E-state index in [1.54, 1.807) is 0 Å². The minimum Gasteiger partial charge on any atom is -0.351 e. The Morgan fingerprint density at radius 2 is 1.88 bits per heavy atom. The van der Waals surface area contributed by atoms with Gasteiger partial charge in [-0.05, 0) is 37.5 Å². The molecule has 3 aliphatic rings. The third-order valence-corrected chi connectivity index (χ3v) is 4.54. The first kappa shape index (κ1) is 12.5. The Hall–Kier alpha value is 0.0700. The maximum Gasteiger partial charge on any atom is 0.238 e. The van der Waals surface area contributed by atoms with Crippen LogP contribution in [0.1, 0.15) is 25.7 Å². The molecule has 0 radical (unpaired) electrons. The molecular formula is C11H19ClN2OS. The summed E-state index contributed by atoms with van der Waals surface area (Å²) in [6, 6.07) is 0.569. The van der Waals surface area contributed by atoms with Crippen molar-refractivity contribution in [1.29, 1.82) is 0 Å². The predicted molar refractivity (Wildman–Crippen MR) is 68.9 cm³/mol. The van der Waals surface area contributed by atoms with Gasteiger partial charge in [-0.2, -0.15) is 0 Å². The lowest BCUT2D eigenvalue weighted by Crippen LogP contribution is -2.47. The molecule has 2 aliphatic carbocycles. The molecular weight excluding hydrogens is 244 g/mol. The third kappa shape index (κ3) is 2.84. The van der Waals surface area contributed by atoms with Gasteiger partial charge < -0.3 is 5.32 Å². The Morgan fingerprint density at radius 3 is 2.31 bits per heavy atom. The van der Waals surface area contributed by atoms with Gasteiger partial charge in [0.1, 0.15) is 0 Å². The maximum absolute atomic E-state index is 11.9. The molecule has 16 heavy (non-hydrogen) atoms. The third-order valence-electron chi connectivity index (χ3n) is 3.60. The number of thioether (sulfide) groups is 1. The van der Waals surface area contributed by atoms with Gasteiger partial charge in [0, 0.05) is 17.7 Å². The number of halogens is 1. The number of hydrogen-bond donors (Lipinski definition) is 2. The summed E-state index contributed by atoms with van der Waals surface area (Å²) >= 11 is 1.81. The summed E-state index contributed by atoms with van der Waals surface area (Å²) in [5, 5.41) is 6.50. The smallest absolute Gasteiger partial charge is 0.238 e. The van der Waals surface area contributed by atoms with Crippen molar-refractivity contribution < 1.29 is 4.79 Å². The van der Waals surface area contributed by atoms with Crippen LogP contribution in [0.3, 0.4) is 0 Å². The molecule has 0 aromatic rings. The highest BCUT2D eigenvalue weighted by Crippen LogP contribution is 2.44. The molecule has 1 heterocycles. The van der Waals surface area contributed by atoms with Crippen molar-refractivity contribution >= 4 is 30.1 Å². The van der Waals surface area contributed by atoms with E-state index in [1.807, 2.05) is 11.8 Å². The van der Waals surface area contributed by atoms with Crippen molar-refractivity contribution in [2.45, 2.75) is 37.8 Å². The second-order valence-electron chi connectivity index (χ2n) is 4.98. The molecule has 1 aliphatic heterocycles. The van der Waals surface area contributed by atoms with E-state index in [-0.39, 0.29) is 24.4 Å².